The Morgan fingerprint density at radius 1 is 1.46 bits per heavy atom. The van der Waals surface area contributed by atoms with E-state index in [-0.39, 0.29) is 0 Å². The Bertz CT molecular complexity index is 310. The number of hydrogen-bond acceptors (Lipinski definition) is 3. The number of hydrogen-bond donors (Lipinski definition) is 1. The predicted molar refractivity (Wildman–Crippen MR) is 51.8 cm³/mol. The van der Waals surface area contributed by atoms with Crippen molar-refractivity contribution in [2.75, 3.05) is 6.54 Å². The third-order valence-corrected chi connectivity index (χ3v) is 2.30. The Morgan fingerprint density at radius 2 is 2.23 bits per heavy atom. The van der Waals surface area contributed by atoms with Gasteiger partial charge in [-0.05, 0) is 25.5 Å². The van der Waals surface area contributed by atoms with E-state index in [1.54, 1.807) is 6.07 Å². The third kappa shape index (κ3) is 2.17. The average molecular weight is 198 g/mol. The molecule has 4 heteroatoms. The van der Waals surface area contributed by atoms with Gasteiger partial charge in [-0.3, -0.25) is 0 Å². The van der Waals surface area contributed by atoms with E-state index < -0.39 is 0 Å². The van der Waals surface area contributed by atoms with Crippen LogP contribution < -0.4 is 5.73 Å². The standard InChI is InChI=1S/C9H12ClN3/c10-8-5-7(3-4-11)12-9(13-8)6-1-2-6/h5-6H,1-4,11H2. The molecule has 0 saturated heterocycles. The maximum Gasteiger partial charge on any atom is 0.133 e. The van der Waals surface area contributed by atoms with Crippen molar-refractivity contribution in [3.63, 3.8) is 0 Å². The number of rotatable bonds is 3. The zero-order valence-electron chi connectivity index (χ0n) is 7.33. The summed E-state index contributed by atoms with van der Waals surface area (Å²) < 4.78 is 0. The normalized spacial score (nSPS) is 16.2. The first-order chi connectivity index (χ1) is 6.29. The van der Waals surface area contributed by atoms with Crippen LogP contribution in [0.1, 0.15) is 30.3 Å². The summed E-state index contributed by atoms with van der Waals surface area (Å²) in [7, 11) is 0. The zero-order valence-corrected chi connectivity index (χ0v) is 8.09. The van der Waals surface area contributed by atoms with Crippen molar-refractivity contribution in [2.24, 2.45) is 5.73 Å². The lowest BCUT2D eigenvalue weighted by Crippen LogP contribution is -2.06. The molecule has 0 atom stereocenters. The van der Waals surface area contributed by atoms with Gasteiger partial charge in [-0.1, -0.05) is 11.6 Å². The molecule has 0 aliphatic heterocycles. The Hall–Kier alpha value is -0.670. The Kier molecular flexibility index (Phi) is 2.47. The second-order valence-electron chi connectivity index (χ2n) is 3.35. The first kappa shape index (κ1) is 8.91. The van der Waals surface area contributed by atoms with E-state index in [1.807, 2.05) is 0 Å². The summed E-state index contributed by atoms with van der Waals surface area (Å²) in [6.07, 6.45) is 3.17. The predicted octanol–water partition coefficient (Wildman–Crippen LogP) is 1.51. The van der Waals surface area contributed by atoms with Crippen molar-refractivity contribution in [1.29, 1.82) is 0 Å². The molecule has 1 aliphatic carbocycles. The van der Waals surface area contributed by atoms with Gasteiger partial charge in [0.15, 0.2) is 0 Å². The second-order valence-corrected chi connectivity index (χ2v) is 3.74. The Labute approximate surface area is 82.3 Å². The molecule has 0 amide bonds. The average Bonchev–Trinajstić information content (AvgIpc) is 2.85. The fourth-order valence-electron chi connectivity index (χ4n) is 1.28. The highest BCUT2D eigenvalue weighted by molar-refractivity contribution is 6.29. The molecule has 1 heterocycles. The maximum absolute atomic E-state index is 5.87. The van der Waals surface area contributed by atoms with Gasteiger partial charge in [-0.15, -0.1) is 0 Å². The van der Waals surface area contributed by atoms with E-state index in [9.17, 15) is 0 Å². The van der Waals surface area contributed by atoms with Gasteiger partial charge in [-0.25, -0.2) is 9.97 Å². The minimum atomic E-state index is 0.542. The van der Waals surface area contributed by atoms with Gasteiger partial charge >= 0.3 is 0 Å². The molecule has 2 N–H and O–H groups in total. The fourth-order valence-corrected chi connectivity index (χ4v) is 1.50. The quantitative estimate of drug-likeness (QED) is 0.748. The topological polar surface area (TPSA) is 51.8 Å². The van der Waals surface area contributed by atoms with E-state index in [4.69, 9.17) is 17.3 Å². The molecule has 0 bridgehead atoms. The van der Waals surface area contributed by atoms with Crippen LogP contribution in [0.15, 0.2) is 6.07 Å². The van der Waals surface area contributed by atoms with Crippen molar-refractivity contribution < 1.29 is 0 Å². The molecular weight excluding hydrogens is 186 g/mol. The van der Waals surface area contributed by atoms with Crippen molar-refractivity contribution >= 4 is 11.6 Å². The number of halogens is 1. The van der Waals surface area contributed by atoms with E-state index in [1.165, 1.54) is 12.8 Å². The highest BCUT2D eigenvalue weighted by Gasteiger charge is 2.27. The minimum absolute atomic E-state index is 0.542. The molecule has 0 radical (unpaired) electrons. The smallest absolute Gasteiger partial charge is 0.133 e. The number of nitrogens with two attached hydrogens (primary N) is 1. The summed E-state index contributed by atoms with van der Waals surface area (Å²) in [5.74, 6) is 1.45. The lowest BCUT2D eigenvalue weighted by atomic mass is 10.3. The van der Waals surface area contributed by atoms with Crippen LogP contribution in [0, 0.1) is 0 Å². The van der Waals surface area contributed by atoms with Gasteiger partial charge in [0.05, 0.1) is 0 Å². The molecule has 3 nitrogen and oxygen atoms in total. The van der Waals surface area contributed by atoms with Crippen LogP contribution in [0.4, 0.5) is 0 Å². The van der Waals surface area contributed by atoms with Gasteiger partial charge in [0.2, 0.25) is 0 Å². The summed E-state index contributed by atoms with van der Waals surface area (Å²) in [5.41, 5.74) is 6.41. The van der Waals surface area contributed by atoms with E-state index in [0.717, 1.165) is 17.9 Å². The molecule has 2 rings (SSSR count). The summed E-state index contributed by atoms with van der Waals surface area (Å²) >= 11 is 5.87. The van der Waals surface area contributed by atoms with Crippen LogP contribution in [0.25, 0.3) is 0 Å². The monoisotopic (exact) mass is 197 g/mol. The molecule has 13 heavy (non-hydrogen) atoms. The van der Waals surface area contributed by atoms with Crippen LogP contribution in [0.2, 0.25) is 5.15 Å². The van der Waals surface area contributed by atoms with Crippen LogP contribution in [-0.4, -0.2) is 16.5 Å². The lowest BCUT2D eigenvalue weighted by molar-refractivity contribution is 0.849. The fraction of sp³-hybridized carbons (Fsp3) is 0.556. The van der Waals surface area contributed by atoms with Gasteiger partial charge < -0.3 is 5.73 Å². The highest BCUT2D eigenvalue weighted by Crippen LogP contribution is 2.38. The first-order valence-corrected chi connectivity index (χ1v) is 4.91. The summed E-state index contributed by atoms with van der Waals surface area (Å²) in [6, 6.07) is 1.79. The maximum atomic E-state index is 5.87. The van der Waals surface area contributed by atoms with Crippen LogP contribution in [-0.2, 0) is 6.42 Å². The van der Waals surface area contributed by atoms with E-state index >= 15 is 0 Å². The van der Waals surface area contributed by atoms with Crippen molar-refractivity contribution in [2.45, 2.75) is 25.2 Å². The summed E-state index contributed by atoms with van der Waals surface area (Å²) in [5, 5.41) is 0.542. The van der Waals surface area contributed by atoms with Crippen LogP contribution in [0.5, 0.6) is 0 Å². The van der Waals surface area contributed by atoms with Crippen LogP contribution in [0.3, 0.4) is 0 Å². The Balaban J connectivity index is 2.25. The molecule has 70 valence electrons. The van der Waals surface area contributed by atoms with E-state index in [2.05, 4.69) is 9.97 Å². The van der Waals surface area contributed by atoms with Crippen molar-refractivity contribution in [3.05, 3.63) is 22.7 Å². The molecule has 1 aromatic rings. The third-order valence-electron chi connectivity index (χ3n) is 2.11. The minimum Gasteiger partial charge on any atom is -0.330 e. The van der Waals surface area contributed by atoms with E-state index in [0.29, 0.717) is 17.6 Å². The van der Waals surface area contributed by atoms with Crippen molar-refractivity contribution in [3.8, 4) is 0 Å². The zero-order chi connectivity index (χ0) is 9.26. The molecule has 1 aliphatic rings. The molecule has 0 spiro atoms. The first-order valence-electron chi connectivity index (χ1n) is 4.53. The summed E-state index contributed by atoms with van der Waals surface area (Å²) in [6.45, 7) is 0.609. The largest absolute Gasteiger partial charge is 0.330 e. The van der Waals surface area contributed by atoms with Crippen LogP contribution >= 0.6 is 11.6 Å². The SMILES string of the molecule is NCCc1cc(Cl)nc(C2CC2)n1. The summed E-state index contributed by atoms with van der Waals surface area (Å²) in [4.78, 5) is 8.60. The molecular formula is C9H12ClN3. The highest BCUT2D eigenvalue weighted by atomic mass is 35.5. The Morgan fingerprint density at radius 3 is 2.85 bits per heavy atom. The van der Waals surface area contributed by atoms with Gasteiger partial charge in [0.25, 0.3) is 0 Å². The van der Waals surface area contributed by atoms with Crippen molar-refractivity contribution in [1.82, 2.24) is 9.97 Å². The number of aromatic nitrogens is 2. The molecule has 0 unspecified atom stereocenters. The molecule has 1 fully saturated rings. The van der Waals surface area contributed by atoms with Gasteiger partial charge in [-0.2, -0.15) is 0 Å². The molecule has 0 aromatic carbocycles. The molecule has 1 saturated carbocycles. The lowest BCUT2D eigenvalue weighted by Gasteiger charge is -2.02. The van der Waals surface area contributed by atoms with Gasteiger partial charge in [0, 0.05) is 18.0 Å². The molecule has 1 aromatic heterocycles. The second kappa shape index (κ2) is 3.60. The van der Waals surface area contributed by atoms with Gasteiger partial charge in [0.1, 0.15) is 11.0 Å². The number of nitrogens with zero attached hydrogens (tertiary/aromatic N) is 2.